The fraction of sp³-hybridized carbons (Fsp3) is 0. The molecule has 0 spiro atoms. The number of nitrogens with zero attached hydrogens (tertiary/aromatic N) is 4. The number of rotatable bonds is 3. The van der Waals surface area contributed by atoms with Crippen LogP contribution in [0, 0.1) is 5.82 Å². The molecule has 0 radical (unpaired) electrons. The van der Waals surface area contributed by atoms with Gasteiger partial charge in [0.1, 0.15) is 12.1 Å². The van der Waals surface area contributed by atoms with Crippen molar-refractivity contribution in [2.75, 3.05) is 5.32 Å². The largest absolute Gasteiger partial charge is 0.322 e. The zero-order valence-corrected chi connectivity index (χ0v) is 12.7. The van der Waals surface area contributed by atoms with Crippen LogP contribution in [0.5, 0.6) is 0 Å². The van der Waals surface area contributed by atoms with E-state index in [4.69, 9.17) is 0 Å². The van der Waals surface area contributed by atoms with Crippen molar-refractivity contribution in [2.45, 2.75) is 0 Å². The van der Waals surface area contributed by atoms with E-state index in [0.29, 0.717) is 10.2 Å². The van der Waals surface area contributed by atoms with Crippen LogP contribution in [0.25, 0.3) is 5.69 Å². The Kier molecular flexibility index (Phi) is 3.92. The van der Waals surface area contributed by atoms with Gasteiger partial charge in [-0.3, -0.25) is 4.79 Å². The number of carbonyl (C=O) groups is 1. The van der Waals surface area contributed by atoms with E-state index in [9.17, 15) is 9.18 Å². The average Bonchev–Trinajstić information content (AvgIpc) is 3.05. The minimum absolute atomic E-state index is 0.0288. The van der Waals surface area contributed by atoms with Crippen LogP contribution < -0.4 is 5.32 Å². The number of amides is 1. The summed E-state index contributed by atoms with van der Waals surface area (Å²) >= 11 is 3.21. The summed E-state index contributed by atoms with van der Waals surface area (Å²) in [5, 5.41) is 13.5. The first-order chi connectivity index (χ1) is 10.6. The Hall–Kier alpha value is -2.61. The molecule has 6 nitrogen and oxygen atoms in total. The lowest BCUT2D eigenvalue weighted by Gasteiger charge is -2.07. The van der Waals surface area contributed by atoms with E-state index < -0.39 is 11.7 Å². The van der Waals surface area contributed by atoms with Gasteiger partial charge in [0.25, 0.3) is 5.91 Å². The normalized spacial score (nSPS) is 10.5. The number of nitrogens with one attached hydrogen (secondary N) is 1. The number of benzene rings is 2. The predicted molar refractivity (Wildman–Crippen MR) is 81.2 cm³/mol. The molecule has 1 heterocycles. The smallest absolute Gasteiger partial charge is 0.258 e. The summed E-state index contributed by atoms with van der Waals surface area (Å²) in [5.41, 5.74) is 1.26. The lowest BCUT2D eigenvalue weighted by atomic mass is 10.2. The summed E-state index contributed by atoms with van der Waals surface area (Å²) in [6.45, 7) is 0. The van der Waals surface area contributed by atoms with Gasteiger partial charge < -0.3 is 5.32 Å². The first-order valence-corrected chi connectivity index (χ1v) is 7.02. The second-order valence-corrected chi connectivity index (χ2v) is 5.30. The minimum atomic E-state index is -0.578. The Labute approximate surface area is 133 Å². The molecule has 1 aromatic heterocycles. The number of hydrogen-bond acceptors (Lipinski definition) is 4. The van der Waals surface area contributed by atoms with E-state index >= 15 is 0 Å². The third kappa shape index (κ3) is 3.01. The monoisotopic (exact) mass is 361 g/mol. The van der Waals surface area contributed by atoms with Gasteiger partial charge in [-0.05, 0) is 52.9 Å². The summed E-state index contributed by atoms with van der Waals surface area (Å²) in [4.78, 5) is 12.1. The highest BCUT2D eigenvalue weighted by atomic mass is 79.9. The molecule has 110 valence electrons. The van der Waals surface area contributed by atoms with Crippen LogP contribution in [-0.2, 0) is 0 Å². The third-order valence-electron chi connectivity index (χ3n) is 2.91. The average molecular weight is 362 g/mol. The summed E-state index contributed by atoms with van der Waals surface area (Å²) in [5.74, 6) is -1.10. The van der Waals surface area contributed by atoms with Crippen molar-refractivity contribution in [2.24, 2.45) is 0 Å². The third-order valence-corrected chi connectivity index (χ3v) is 3.41. The summed E-state index contributed by atoms with van der Waals surface area (Å²) in [6, 6.07) is 11.1. The van der Waals surface area contributed by atoms with Crippen LogP contribution in [0.4, 0.5) is 10.1 Å². The summed E-state index contributed by atoms with van der Waals surface area (Å²) in [7, 11) is 0. The number of anilines is 1. The van der Waals surface area contributed by atoms with E-state index in [1.165, 1.54) is 29.2 Å². The van der Waals surface area contributed by atoms with Crippen molar-refractivity contribution < 1.29 is 9.18 Å². The van der Waals surface area contributed by atoms with Gasteiger partial charge >= 0.3 is 0 Å². The molecule has 0 bridgehead atoms. The quantitative estimate of drug-likeness (QED) is 0.778. The Morgan fingerprint density at radius 1 is 1.18 bits per heavy atom. The lowest BCUT2D eigenvalue weighted by Crippen LogP contribution is -2.13. The molecule has 0 unspecified atom stereocenters. The van der Waals surface area contributed by atoms with Crippen LogP contribution in [0.3, 0.4) is 0 Å². The van der Waals surface area contributed by atoms with Crippen LogP contribution in [0.15, 0.2) is 53.3 Å². The summed E-state index contributed by atoms with van der Waals surface area (Å²) in [6.07, 6.45) is 1.46. The molecule has 0 aliphatic carbocycles. The number of hydrogen-bond donors (Lipinski definition) is 1. The number of tetrazole rings is 1. The van der Waals surface area contributed by atoms with Crippen LogP contribution >= 0.6 is 15.9 Å². The van der Waals surface area contributed by atoms with E-state index in [2.05, 4.69) is 36.8 Å². The van der Waals surface area contributed by atoms with Gasteiger partial charge in [0.2, 0.25) is 0 Å². The standard InChI is InChI=1S/C14H9BrFN5O/c15-9-1-6-13(16)12(7-9)14(22)18-10-2-4-11(5-3-10)21-8-17-19-20-21/h1-8H,(H,18,22). The van der Waals surface area contributed by atoms with E-state index in [-0.39, 0.29) is 5.56 Å². The van der Waals surface area contributed by atoms with E-state index in [0.717, 1.165) is 5.69 Å². The van der Waals surface area contributed by atoms with Gasteiger partial charge in [-0.15, -0.1) is 5.10 Å². The zero-order valence-electron chi connectivity index (χ0n) is 11.1. The number of carbonyl (C=O) groups excluding carboxylic acids is 1. The second-order valence-electron chi connectivity index (χ2n) is 4.38. The maximum Gasteiger partial charge on any atom is 0.258 e. The van der Waals surface area contributed by atoms with E-state index in [1.807, 2.05) is 0 Å². The molecule has 0 fully saturated rings. The van der Waals surface area contributed by atoms with Gasteiger partial charge in [-0.25, -0.2) is 9.07 Å². The lowest BCUT2D eigenvalue weighted by molar-refractivity contribution is 0.102. The Bertz CT molecular complexity index is 805. The van der Waals surface area contributed by atoms with Crippen LogP contribution in [0.1, 0.15) is 10.4 Å². The molecule has 22 heavy (non-hydrogen) atoms. The zero-order chi connectivity index (χ0) is 15.5. The molecule has 3 aromatic rings. The van der Waals surface area contributed by atoms with Gasteiger partial charge in [0, 0.05) is 10.2 Å². The van der Waals surface area contributed by atoms with Crippen molar-refractivity contribution in [3.8, 4) is 5.69 Å². The topological polar surface area (TPSA) is 72.7 Å². The SMILES string of the molecule is O=C(Nc1ccc(-n2cnnn2)cc1)c1cc(Br)ccc1F. The molecule has 0 atom stereocenters. The van der Waals surface area contributed by atoms with Gasteiger partial charge in [0.05, 0.1) is 11.3 Å². The van der Waals surface area contributed by atoms with Gasteiger partial charge in [0.15, 0.2) is 0 Å². The van der Waals surface area contributed by atoms with Crippen LogP contribution in [0.2, 0.25) is 0 Å². The molecule has 1 N–H and O–H groups in total. The Balaban J connectivity index is 1.78. The predicted octanol–water partition coefficient (Wildman–Crippen LogP) is 2.82. The highest BCUT2D eigenvalue weighted by Crippen LogP contribution is 2.18. The van der Waals surface area contributed by atoms with Crippen molar-refractivity contribution in [3.63, 3.8) is 0 Å². The van der Waals surface area contributed by atoms with E-state index in [1.54, 1.807) is 24.3 Å². The minimum Gasteiger partial charge on any atom is -0.322 e. The first kappa shape index (κ1) is 14.3. The van der Waals surface area contributed by atoms with Gasteiger partial charge in [-0.1, -0.05) is 15.9 Å². The first-order valence-electron chi connectivity index (χ1n) is 6.23. The maximum absolute atomic E-state index is 13.7. The molecule has 0 aliphatic heterocycles. The molecule has 1 amide bonds. The molecular formula is C14H9BrFN5O. The molecule has 0 aliphatic rings. The van der Waals surface area contributed by atoms with Crippen LogP contribution in [-0.4, -0.2) is 26.1 Å². The van der Waals surface area contributed by atoms with Gasteiger partial charge in [-0.2, -0.15) is 0 Å². The van der Waals surface area contributed by atoms with Crippen molar-refractivity contribution in [3.05, 3.63) is 64.6 Å². The molecule has 2 aromatic carbocycles. The number of halogens is 2. The Morgan fingerprint density at radius 3 is 2.64 bits per heavy atom. The Morgan fingerprint density at radius 2 is 1.95 bits per heavy atom. The highest BCUT2D eigenvalue weighted by molar-refractivity contribution is 9.10. The highest BCUT2D eigenvalue weighted by Gasteiger charge is 2.12. The van der Waals surface area contributed by atoms with Crippen molar-refractivity contribution in [1.82, 2.24) is 20.2 Å². The second kappa shape index (κ2) is 6.02. The fourth-order valence-electron chi connectivity index (χ4n) is 1.85. The molecular weight excluding hydrogens is 353 g/mol. The molecule has 0 saturated carbocycles. The molecule has 8 heteroatoms. The van der Waals surface area contributed by atoms with Crippen molar-refractivity contribution >= 4 is 27.5 Å². The summed E-state index contributed by atoms with van der Waals surface area (Å²) < 4.78 is 15.8. The van der Waals surface area contributed by atoms with Crippen molar-refractivity contribution in [1.29, 1.82) is 0 Å². The molecule has 0 saturated heterocycles. The fourth-order valence-corrected chi connectivity index (χ4v) is 2.21. The maximum atomic E-state index is 13.7. The number of aromatic nitrogens is 4. The molecule has 3 rings (SSSR count).